The Kier molecular flexibility index (Phi) is 8.48. The van der Waals surface area contributed by atoms with Crippen LogP contribution < -0.4 is 16.0 Å². The number of anilines is 2. The zero-order valence-corrected chi connectivity index (χ0v) is 23.9. The first-order chi connectivity index (χ1) is 17.2. The summed E-state index contributed by atoms with van der Waals surface area (Å²) in [6.07, 6.45) is 2.86. The number of hydrogen-bond donors (Lipinski definition) is 3. The number of aryl methyl sites for hydroxylation is 2. The van der Waals surface area contributed by atoms with E-state index in [4.69, 9.17) is 4.74 Å². The summed E-state index contributed by atoms with van der Waals surface area (Å²) in [6.45, 7) is 9.89. The molecule has 0 aliphatic carbocycles. The molecule has 11 nitrogen and oxygen atoms in total. The van der Waals surface area contributed by atoms with Gasteiger partial charge in [0.15, 0.2) is 11.6 Å². The van der Waals surface area contributed by atoms with E-state index in [1.165, 1.54) is 10.8 Å². The van der Waals surface area contributed by atoms with Crippen molar-refractivity contribution >= 4 is 62.0 Å². The number of imidazole rings is 2. The number of benzene rings is 1. The van der Waals surface area contributed by atoms with E-state index >= 15 is 0 Å². The van der Waals surface area contributed by atoms with E-state index in [1.54, 1.807) is 79.2 Å². The first-order valence-electron chi connectivity index (χ1n) is 11.5. The Morgan fingerprint density at radius 2 is 1.70 bits per heavy atom. The smallest absolute Gasteiger partial charge is 0.413 e. The minimum Gasteiger partial charge on any atom is -0.444 e. The molecule has 3 N–H and O–H groups in total. The highest BCUT2D eigenvalue weighted by atomic mass is 33.1. The number of fused-ring (bicyclic) bond motifs is 1. The SMILES string of the molecule is CSSC(C)(C)CNC(=O)c1nc2ccc(NC(=O)c3nc(NC(=O)OC(C)(C)C)cn3C)cc2n1C. The first kappa shape index (κ1) is 28.4. The Balaban J connectivity index is 1.72. The van der Waals surface area contributed by atoms with Crippen molar-refractivity contribution in [1.29, 1.82) is 0 Å². The predicted octanol–water partition coefficient (Wildman–Crippen LogP) is 4.43. The number of hydrogen-bond acceptors (Lipinski definition) is 8. The van der Waals surface area contributed by atoms with Crippen LogP contribution in [0.5, 0.6) is 0 Å². The fraction of sp³-hybridized carbons (Fsp3) is 0.458. The lowest BCUT2D eigenvalue weighted by atomic mass is 10.2. The van der Waals surface area contributed by atoms with Gasteiger partial charge in [0.05, 0.1) is 11.0 Å². The van der Waals surface area contributed by atoms with Crippen LogP contribution in [-0.4, -0.2) is 60.2 Å². The fourth-order valence-corrected chi connectivity index (χ4v) is 5.54. The largest absolute Gasteiger partial charge is 0.444 e. The lowest BCUT2D eigenvalue weighted by molar-refractivity contribution is 0.0634. The highest BCUT2D eigenvalue weighted by Gasteiger charge is 2.23. The third-order valence-corrected chi connectivity index (χ3v) is 7.65. The molecule has 2 aromatic heterocycles. The summed E-state index contributed by atoms with van der Waals surface area (Å²) in [5, 5.41) is 8.29. The van der Waals surface area contributed by atoms with Crippen LogP contribution in [0.2, 0.25) is 0 Å². The summed E-state index contributed by atoms with van der Waals surface area (Å²) >= 11 is 0. The van der Waals surface area contributed by atoms with E-state index in [2.05, 4.69) is 39.8 Å². The lowest BCUT2D eigenvalue weighted by Crippen LogP contribution is -2.36. The summed E-state index contributed by atoms with van der Waals surface area (Å²) in [5.41, 5.74) is 1.17. The van der Waals surface area contributed by atoms with Gasteiger partial charge in [-0.3, -0.25) is 14.9 Å². The molecular weight excluding hydrogens is 514 g/mol. The molecule has 3 amide bonds. The molecule has 0 bridgehead atoms. The maximum Gasteiger partial charge on any atom is 0.413 e. The number of nitrogens with one attached hydrogen (secondary N) is 3. The molecule has 3 rings (SSSR count). The van der Waals surface area contributed by atoms with Crippen LogP contribution in [0.25, 0.3) is 11.0 Å². The van der Waals surface area contributed by atoms with Gasteiger partial charge in [-0.25, -0.2) is 14.8 Å². The molecule has 0 fully saturated rings. The zero-order chi connectivity index (χ0) is 27.5. The van der Waals surface area contributed by atoms with E-state index in [0.29, 0.717) is 23.3 Å². The lowest BCUT2D eigenvalue weighted by Gasteiger charge is -2.22. The summed E-state index contributed by atoms with van der Waals surface area (Å²) in [7, 11) is 6.75. The number of rotatable bonds is 8. The molecular formula is C24H33N7O4S2. The normalized spacial score (nSPS) is 11.9. The van der Waals surface area contributed by atoms with Crippen molar-refractivity contribution in [1.82, 2.24) is 24.4 Å². The van der Waals surface area contributed by atoms with Crippen LogP contribution in [-0.2, 0) is 18.8 Å². The molecule has 0 saturated carbocycles. The van der Waals surface area contributed by atoms with Gasteiger partial charge in [0, 0.05) is 37.3 Å². The van der Waals surface area contributed by atoms with Crippen molar-refractivity contribution in [2.75, 3.05) is 23.4 Å². The van der Waals surface area contributed by atoms with E-state index in [-0.39, 0.29) is 28.1 Å². The number of nitrogens with zero attached hydrogens (tertiary/aromatic N) is 4. The predicted molar refractivity (Wildman–Crippen MR) is 149 cm³/mol. The van der Waals surface area contributed by atoms with Crippen LogP contribution in [0, 0.1) is 0 Å². The van der Waals surface area contributed by atoms with Gasteiger partial charge in [-0.15, -0.1) is 0 Å². The van der Waals surface area contributed by atoms with Crippen molar-refractivity contribution < 1.29 is 19.1 Å². The van der Waals surface area contributed by atoms with E-state index in [0.717, 1.165) is 0 Å². The van der Waals surface area contributed by atoms with Gasteiger partial charge in [-0.2, -0.15) is 0 Å². The minimum atomic E-state index is -0.661. The van der Waals surface area contributed by atoms with E-state index in [1.807, 2.05) is 6.26 Å². The van der Waals surface area contributed by atoms with Gasteiger partial charge in [0.1, 0.15) is 5.60 Å². The Bertz CT molecular complexity index is 1320. The van der Waals surface area contributed by atoms with Gasteiger partial charge < -0.3 is 24.5 Å². The third-order valence-electron chi connectivity index (χ3n) is 5.03. The molecule has 0 unspecified atom stereocenters. The van der Waals surface area contributed by atoms with Gasteiger partial charge >= 0.3 is 6.09 Å². The van der Waals surface area contributed by atoms with Crippen molar-refractivity contribution in [3.05, 3.63) is 36.0 Å². The topological polar surface area (TPSA) is 132 Å². The highest BCUT2D eigenvalue weighted by Crippen LogP contribution is 2.33. The van der Waals surface area contributed by atoms with Gasteiger partial charge in [0.25, 0.3) is 11.8 Å². The Morgan fingerprint density at radius 3 is 2.35 bits per heavy atom. The zero-order valence-electron chi connectivity index (χ0n) is 22.3. The molecule has 3 aromatic rings. The van der Waals surface area contributed by atoms with Crippen LogP contribution in [0.15, 0.2) is 24.4 Å². The highest BCUT2D eigenvalue weighted by molar-refractivity contribution is 8.76. The second-order valence-electron chi connectivity index (χ2n) is 10.0. The number of carbonyl (C=O) groups excluding carboxylic acids is 3. The molecule has 13 heteroatoms. The van der Waals surface area contributed by atoms with Gasteiger partial charge in [-0.1, -0.05) is 21.6 Å². The minimum absolute atomic E-state index is 0.0990. The monoisotopic (exact) mass is 547 g/mol. The number of carbonyl (C=O) groups is 3. The molecule has 0 radical (unpaired) electrons. The van der Waals surface area contributed by atoms with Crippen LogP contribution in [0.4, 0.5) is 16.3 Å². The van der Waals surface area contributed by atoms with Crippen LogP contribution in [0.1, 0.15) is 55.9 Å². The van der Waals surface area contributed by atoms with E-state index in [9.17, 15) is 14.4 Å². The maximum absolute atomic E-state index is 12.9. The van der Waals surface area contributed by atoms with Crippen LogP contribution >= 0.6 is 21.6 Å². The average Bonchev–Trinajstić information content (AvgIpc) is 3.30. The second kappa shape index (κ2) is 11.1. The third kappa shape index (κ3) is 7.41. The van der Waals surface area contributed by atoms with Crippen molar-refractivity contribution in [3.8, 4) is 0 Å². The molecule has 37 heavy (non-hydrogen) atoms. The van der Waals surface area contributed by atoms with Crippen LogP contribution in [0.3, 0.4) is 0 Å². The molecule has 0 aliphatic rings. The fourth-order valence-electron chi connectivity index (χ4n) is 3.43. The van der Waals surface area contributed by atoms with Crippen molar-refractivity contribution in [2.45, 2.75) is 45.0 Å². The average molecular weight is 548 g/mol. The molecule has 200 valence electrons. The number of aromatic nitrogens is 4. The molecule has 0 atom stereocenters. The summed E-state index contributed by atoms with van der Waals surface area (Å²) in [4.78, 5) is 46.4. The van der Waals surface area contributed by atoms with Gasteiger partial charge in [-0.05, 0) is 59.1 Å². The van der Waals surface area contributed by atoms with Gasteiger partial charge in [0.2, 0.25) is 5.82 Å². The molecule has 0 aliphatic heterocycles. The Labute approximate surface area is 223 Å². The quantitative estimate of drug-likeness (QED) is 0.353. The molecule has 0 saturated heterocycles. The second-order valence-corrected chi connectivity index (χ2v) is 13.1. The molecule has 1 aromatic carbocycles. The Morgan fingerprint density at radius 1 is 1.00 bits per heavy atom. The molecule has 0 spiro atoms. The summed E-state index contributed by atoms with van der Waals surface area (Å²) in [5.74, 6) is -0.157. The summed E-state index contributed by atoms with van der Waals surface area (Å²) in [6, 6.07) is 5.19. The first-order valence-corrected chi connectivity index (χ1v) is 14.1. The standard InChI is InChI=1S/C24H33N7O4S2/c1-23(2,3)35-22(34)29-17-12-30(6)18(28-17)21(33)26-14-9-10-15-16(11-14)31(7)19(27-15)20(32)25-13-24(4,5)37-36-8/h9-12H,13H2,1-8H3,(H,25,32)(H,26,33)(H,29,34). The molecule has 2 heterocycles. The van der Waals surface area contributed by atoms with Crippen molar-refractivity contribution in [2.24, 2.45) is 14.1 Å². The Hall–Kier alpha value is -3.19. The number of ether oxygens (including phenoxy) is 1. The van der Waals surface area contributed by atoms with E-state index < -0.39 is 17.6 Å². The maximum atomic E-state index is 12.9. The van der Waals surface area contributed by atoms with Crippen molar-refractivity contribution in [3.63, 3.8) is 0 Å². The number of amides is 3. The summed E-state index contributed by atoms with van der Waals surface area (Å²) < 4.78 is 8.30.